The molecule has 51 heavy (non-hydrogen) atoms. The molecule has 0 aromatic heterocycles. The van der Waals surface area contributed by atoms with Crippen LogP contribution < -0.4 is 20.7 Å². The molecule has 2 nitrogen and oxygen atoms in total. The lowest BCUT2D eigenvalue weighted by Crippen LogP contribution is -2.71. The molecular weight excluding hydrogens is 615 g/mol. The Morgan fingerprint density at radius 1 is 0.647 bits per heavy atom. The van der Waals surface area contributed by atoms with Crippen molar-refractivity contribution in [3.8, 4) is 0 Å². The minimum atomic E-state index is -0.125. The minimum Gasteiger partial charge on any atom is -0.362 e. The molecular formula is C48H55BN2. The van der Waals surface area contributed by atoms with Gasteiger partial charge in [-0.2, -0.15) is 0 Å². The Labute approximate surface area is 307 Å². The third-order valence-electron chi connectivity index (χ3n) is 13.5. The van der Waals surface area contributed by atoms with Gasteiger partial charge in [-0.1, -0.05) is 138 Å². The summed E-state index contributed by atoms with van der Waals surface area (Å²) in [6.45, 7) is 19.5. The second-order valence-corrected chi connectivity index (χ2v) is 18.8. The molecule has 4 aromatic carbocycles. The molecule has 0 saturated heterocycles. The van der Waals surface area contributed by atoms with Crippen molar-refractivity contribution in [3.63, 3.8) is 0 Å². The summed E-state index contributed by atoms with van der Waals surface area (Å²) >= 11 is 0. The molecule has 9 rings (SSSR count). The summed E-state index contributed by atoms with van der Waals surface area (Å²) in [7, 11) is 0. The van der Waals surface area contributed by atoms with Crippen LogP contribution in [0.15, 0.2) is 108 Å². The molecule has 3 heteroatoms. The second-order valence-electron chi connectivity index (χ2n) is 18.8. The standard InChI is InChI=1S/C48H55BN2/c1-31-25-44-48(8)45(26-31)51(39-22-18-33-14-10-12-16-35(33)28-39)43-30-37(47(5,6)7)20-24-41(43)49(48)40-23-19-36(46(2,3)4)29-42(40)50(44)38-21-17-32-13-9-11-15-34(32)27-38/h9-16,19-20,23-26,29-30,38-39,44H,17-18,21-22,27-28H2,1-8H3. The van der Waals surface area contributed by atoms with Gasteiger partial charge >= 0.3 is 0 Å². The first-order chi connectivity index (χ1) is 24.3. The number of fused-ring (bicyclic) bond motifs is 6. The first-order valence-electron chi connectivity index (χ1n) is 19.7. The van der Waals surface area contributed by atoms with Crippen LogP contribution >= 0.6 is 0 Å². The Bertz CT molecular complexity index is 2110. The lowest BCUT2D eigenvalue weighted by molar-refractivity contribution is 0.425. The molecule has 4 aromatic rings. The van der Waals surface area contributed by atoms with Crippen LogP contribution in [0.1, 0.15) is 102 Å². The van der Waals surface area contributed by atoms with E-state index < -0.39 is 0 Å². The van der Waals surface area contributed by atoms with Crippen molar-refractivity contribution in [1.29, 1.82) is 0 Å². The normalized spacial score (nSPS) is 25.2. The van der Waals surface area contributed by atoms with E-state index in [1.165, 1.54) is 74.2 Å². The van der Waals surface area contributed by atoms with Crippen molar-refractivity contribution < 1.29 is 0 Å². The number of nitrogens with zero attached hydrogens (tertiary/aromatic N) is 2. The van der Waals surface area contributed by atoms with Crippen LogP contribution in [-0.2, 0) is 36.5 Å². The predicted molar refractivity (Wildman–Crippen MR) is 219 cm³/mol. The summed E-state index contributed by atoms with van der Waals surface area (Å²) in [5, 5.41) is -0.125. The Morgan fingerprint density at radius 3 is 1.75 bits per heavy atom. The van der Waals surface area contributed by atoms with Gasteiger partial charge in [-0.05, 0) is 113 Å². The van der Waals surface area contributed by atoms with E-state index in [0.29, 0.717) is 12.1 Å². The van der Waals surface area contributed by atoms with Gasteiger partial charge in [0.15, 0.2) is 0 Å². The summed E-state index contributed by atoms with van der Waals surface area (Å²) in [5.41, 5.74) is 18.0. The summed E-state index contributed by atoms with van der Waals surface area (Å²) in [5.74, 6) is 0. The number of allylic oxidation sites excluding steroid dienone is 2. The van der Waals surface area contributed by atoms with E-state index in [-0.39, 0.29) is 28.9 Å². The number of benzene rings is 4. The fraction of sp³-hybridized carbons (Fsp3) is 0.417. The summed E-state index contributed by atoms with van der Waals surface area (Å²) < 4.78 is 0. The molecule has 5 aliphatic rings. The zero-order valence-electron chi connectivity index (χ0n) is 32.2. The van der Waals surface area contributed by atoms with Gasteiger partial charge in [0.1, 0.15) is 0 Å². The molecule has 3 aliphatic carbocycles. The van der Waals surface area contributed by atoms with Crippen LogP contribution in [0, 0.1) is 0 Å². The highest BCUT2D eigenvalue weighted by molar-refractivity contribution is 6.91. The molecule has 0 saturated carbocycles. The van der Waals surface area contributed by atoms with E-state index in [9.17, 15) is 0 Å². The molecule has 260 valence electrons. The van der Waals surface area contributed by atoms with Crippen molar-refractivity contribution in [2.45, 2.75) is 128 Å². The average Bonchev–Trinajstić information content (AvgIpc) is 3.10. The number of hydrogen-bond donors (Lipinski definition) is 0. The minimum absolute atomic E-state index is 0.0695. The monoisotopic (exact) mass is 670 g/mol. The van der Waals surface area contributed by atoms with Gasteiger partial charge in [0.2, 0.25) is 6.71 Å². The lowest BCUT2D eigenvalue weighted by Gasteiger charge is -2.62. The smallest absolute Gasteiger partial charge is 0.229 e. The summed E-state index contributed by atoms with van der Waals surface area (Å²) in [6.07, 6.45) is 12.1. The summed E-state index contributed by atoms with van der Waals surface area (Å²) in [4.78, 5) is 5.82. The zero-order valence-corrected chi connectivity index (χ0v) is 32.2. The number of hydrogen-bond acceptors (Lipinski definition) is 2. The maximum absolute atomic E-state index is 2.94. The van der Waals surface area contributed by atoms with Crippen molar-refractivity contribution >= 4 is 29.0 Å². The van der Waals surface area contributed by atoms with Crippen LogP contribution in [0.25, 0.3) is 0 Å². The van der Waals surface area contributed by atoms with Crippen LogP contribution in [0.5, 0.6) is 0 Å². The Balaban J connectivity index is 1.29. The van der Waals surface area contributed by atoms with E-state index >= 15 is 0 Å². The zero-order chi connectivity index (χ0) is 35.4. The lowest BCUT2D eigenvalue weighted by atomic mass is 9.22. The Kier molecular flexibility index (Phi) is 7.43. The van der Waals surface area contributed by atoms with Gasteiger partial charge in [-0.15, -0.1) is 0 Å². The van der Waals surface area contributed by atoms with Crippen LogP contribution in [0.2, 0.25) is 5.31 Å². The maximum Gasteiger partial charge on any atom is 0.229 e. The van der Waals surface area contributed by atoms with E-state index in [4.69, 9.17) is 0 Å². The van der Waals surface area contributed by atoms with Gasteiger partial charge in [0, 0.05) is 34.5 Å². The maximum atomic E-state index is 2.94. The molecule has 2 heterocycles. The number of anilines is 2. The van der Waals surface area contributed by atoms with Crippen molar-refractivity contribution in [2.75, 3.05) is 9.80 Å². The second kappa shape index (κ2) is 11.5. The number of rotatable bonds is 2. The average molecular weight is 671 g/mol. The van der Waals surface area contributed by atoms with Crippen LogP contribution in [0.4, 0.5) is 11.4 Å². The van der Waals surface area contributed by atoms with Crippen molar-refractivity contribution in [2.24, 2.45) is 0 Å². The van der Waals surface area contributed by atoms with Gasteiger partial charge in [-0.3, -0.25) is 0 Å². The first kappa shape index (κ1) is 32.9. The van der Waals surface area contributed by atoms with E-state index in [1.807, 2.05) is 0 Å². The highest BCUT2D eigenvalue weighted by Crippen LogP contribution is 2.58. The highest BCUT2D eigenvalue weighted by Gasteiger charge is 2.61. The fourth-order valence-electron chi connectivity index (χ4n) is 10.7. The van der Waals surface area contributed by atoms with Crippen molar-refractivity contribution in [3.05, 3.63) is 142 Å². The molecule has 0 radical (unpaired) electrons. The quantitative estimate of drug-likeness (QED) is 0.196. The molecule has 0 amide bonds. The van der Waals surface area contributed by atoms with E-state index in [1.54, 1.807) is 5.56 Å². The summed E-state index contributed by atoms with van der Waals surface area (Å²) in [6, 6.07) is 34.8. The molecule has 4 unspecified atom stereocenters. The third-order valence-corrected chi connectivity index (χ3v) is 13.5. The third kappa shape index (κ3) is 5.12. The van der Waals surface area contributed by atoms with Gasteiger partial charge in [0.25, 0.3) is 0 Å². The molecule has 0 spiro atoms. The number of aryl methyl sites for hydroxylation is 2. The van der Waals surface area contributed by atoms with Crippen LogP contribution in [0.3, 0.4) is 0 Å². The van der Waals surface area contributed by atoms with Crippen LogP contribution in [-0.4, -0.2) is 24.8 Å². The predicted octanol–water partition coefficient (Wildman–Crippen LogP) is 9.62. The topological polar surface area (TPSA) is 6.48 Å². The van der Waals surface area contributed by atoms with Crippen molar-refractivity contribution in [1.82, 2.24) is 0 Å². The van der Waals surface area contributed by atoms with Gasteiger partial charge < -0.3 is 9.80 Å². The Hall–Kier alpha value is -3.98. The molecule has 2 aliphatic heterocycles. The Morgan fingerprint density at radius 2 is 1.16 bits per heavy atom. The first-order valence-corrected chi connectivity index (χ1v) is 19.7. The van der Waals surface area contributed by atoms with Gasteiger partial charge in [-0.25, -0.2) is 0 Å². The molecule has 0 N–H and O–H groups in total. The van der Waals surface area contributed by atoms with Gasteiger partial charge in [0.05, 0.1) is 6.04 Å². The van der Waals surface area contributed by atoms with E-state index in [0.717, 1.165) is 25.7 Å². The van der Waals surface area contributed by atoms with E-state index in [2.05, 4.69) is 162 Å². The SMILES string of the molecule is CC1=CC2N(C3CCc4ccccc4C3)c3cc(C(C)(C)C)ccc3B3c4ccc(C(C)(C)C)cc4N(C4CCc5ccccc5C4)C(=C1)C32C. The molecule has 4 atom stereocenters. The largest absolute Gasteiger partial charge is 0.362 e. The molecule has 0 bridgehead atoms. The fourth-order valence-corrected chi connectivity index (χ4v) is 10.7. The highest BCUT2D eigenvalue weighted by atomic mass is 15.3. The molecule has 0 fully saturated rings.